The molecule has 0 saturated carbocycles. The number of thiazole rings is 1. The lowest BCUT2D eigenvalue weighted by Crippen LogP contribution is -2.24. The summed E-state index contributed by atoms with van der Waals surface area (Å²) in [5, 5.41) is 9.43. The van der Waals surface area contributed by atoms with E-state index in [0.29, 0.717) is 21.3 Å². The molecule has 5 nitrogen and oxygen atoms in total. The number of amides is 2. The van der Waals surface area contributed by atoms with Crippen LogP contribution in [0.15, 0.2) is 47.2 Å². The van der Waals surface area contributed by atoms with Gasteiger partial charge in [0.15, 0.2) is 5.13 Å². The number of nitrogens with one attached hydrogen (secondary N) is 2. The second-order valence-electron chi connectivity index (χ2n) is 5.16. The zero-order chi connectivity index (χ0) is 17.6. The van der Waals surface area contributed by atoms with Crippen LogP contribution in [0.5, 0.6) is 0 Å². The molecule has 3 rings (SSSR count). The van der Waals surface area contributed by atoms with Crippen molar-refractivity contribution in [3.05, 3.63) is 69.1 Å². The lowest BCUT2D eigenvalue weighted by molar-refractivity contribution is -0.120. The molecule has 2 amide bonds. The van der Waals surface area contributed by atoms with Crippen molar-refractivity contribution in [3.63, 3.8) is 0 Å². The Bertz CT molecular complexity index is 878. The van der Waals surface area contributed by atoms with Gasteiger partial charge in [-0.25, -0.2) is 9.37 Å². The molecule has 0 spiro atoms. The fourth-order valence-electron chi connectivity index (χ4n) is 2.09. The van der Waals surface area contributed by atoms with E-state index < -0.39 is 0 Å². The van der Waals surface area contributed by atoms with Gasteiger partial charge in [-0.15, -0.1) is 22.7 Å². The van der Waals surface area contributed by atoms with Crippen molar-refractivity contribution in [3.8, 4) is 0 Å². The van der Waals surface area contributed by atoms with Gasteiger partial charge in [0.25, 0.3) is 5.91 Å². The molecule has 128 valence electrons. The van der Waals surface area contributed by atoms with Crippen LogP contribution in [0.2, 0.25) is 0 Å². The molecular formula is C17H14FN3O2S2. The Hall–Kier alpha value is -2.58. The molecule has 25 heavy (non-hydrogen) atoms. The summed E-state index contributed by atoms with van der Waals surface area (Å²) in [6, 6.07) is 9.60. The van der Waals surface area contributed by atoms with Crippen molar-refractivity contribution in [2.45, 2.75) is 13.0 Å². The predicted molar refractivity (Wildman–Crippen MR) is 96.3 cm³/mol. The van der Waals surface area contributed by atoms with Crippen LogP contribution in [0.25, 0.3) is 0 Å². The summed E-state index contributed by atoms with van der Waals surface area (Å²) in [4.78, 5) is 28.8. The Morgan fingerprint density at radius 1 is 1.16 bits per heavy atom. The standard InChI is InChI=1S/C17H14FN3O2S2/c18-12-4-1-3-11(7-12)9-19-15(22)8-13-10-25-17(20-13)21-16(23)14-5-2-6-24-14/h1-7,10H,8-9H2,(H,19,22)(H,20,21,23). The van der Waals surface area contributed by atoms with Crippen LogP contribution in [-0.2, 0) is 17.8 Å². The normalized spacial score (nSPS) is 10.4. The highest BCUT2D eigenvalue weighted by molar-refractivity contribution is 7.14. The number of nitrogens with zero attached hydrogens (tertiary/aromatic N) is 1. The van der Waals surface area contributed by atoms with Crippen LogP contribution in [0.4, 0.5) is 9.52 Å². The van der Waals surface area contributed by atoms with Crippen molar-refractivity contribution in [1.82, 2.24) is 10.3 Å². The molecule has 0 fully saturated rings. The van der Waals surface area contributed by atoms with Gasteiger partial charge in [0, 0.05) is 11.9 Å². The maximum Gasteiger partial charge on any atom is 0.267 e. The van der Waals surface area contributed by atoms with E-state index in [1.54, 1.807) is 29.6 Å². The number of aromatic nitrogens is 1. The summed E-state index contributed by atoms with van der Waals surface area (Å²) in [6.07, 6.45) is 0.0979. The number of hydrogen-bond donors (Lipinski definition) is 2. The first kappa shape index (κ1) is 17.2. The van der Waals surface area contributed by atoms with Gasteiger partial charge in [-0.2, -0.15) is 0 Å². The topological polar surface area (TPSA) is 71.1 Å². The summed E-state index contributed by atoms with van der Waals surface area (Å²) in [5.74, 6) is -0.769. The quantitative estimate of drug-likeness (QED) is 0.693. The molecule has 1 aromatic carbocycles. The van der Waals surface area contributed by atoms with Crippen molar-refractivity contribution >= 4 is 39.6 Å². The fourth-order valence-corrected chi connectivity index (χ4v) is 3.41. The maximum atomic E-state index is 13.1. The summed E-state index contributed by atoms with van der Waals surface area (Å²) in [6.45, 7) is 0.253. The molecule has 0 radical (unpaired) electrons. The first-order valence-electron chi connectivity index (χ1n) is 7.40. The third-order valence-corrected chi connectivity index (χ3v) is 4.91. The molecule has 0 atom stereocenters. The van der Waals surface area contributed by atoms with E-state index in [0.717, 1.165) is 0 Å². The first-order chi connectivity index (χ1) is 12.1. The molecule has 2 heterocycles. The number of anilines is 1. The number of rotatable bonds is 6. The van der Waals surface area contributed by atoms with E-state index in [1.165, 1.54) is 34.8 Å². The minimum Gasteiger partial charge on any atom is -0.352 e. The van der Waals surface area contributed by atoms with Gasteiger partial charge in [-0.05, 0) is 29.1 Å². The summed E-state index contributed by atoms with van der Waals surface area (Å²) in [7, 11) is 0. The lowest BCUT2D eigenvalue weighted by Gasteiger charge is -2.04. The average Bonchev–Trinajstić information content (AvgIpc) is 3.25. The van der Waals surface area contributed by atoms with Gasteiger partial charge in [-0.1, -0.05) is 18.2 Å². The van der Waals surface area contributed by atoms with Gasteiger partial charge in [0.1, 0.15) is 5.82 Å². The van der Waals surface area contributed by atoms with Gasteiger partial charge in [-0.3, -0.25) is 14.9 Å². The summed E-state index contributed by atoms with van der Waals surface area (Å²) >= 11 is 2.61. The van der Waals surface area contributed by atoms with Crippen LogP contribution >= 0.6 is 22.7 Å². The zero-order valence-electron chi connectivity index (χ0n) is 13.0. The Morgan fingerprint density at radius 3 is 2.80 bits per heavy atom. The van der Waals surface area contributed by atoms with Crippen molar-refractivity contribution in [2.24, 2.45) is 0 Å². The highest BCUT2D eigenvalue weighted by Gasteiger charge is 2.11. The van der Waals surface area contributed by atoms with Gasteiger partial charge < -0.3 is 5.32 Å². The van der Waals surface area contributed by atoms with E-state index >= 15 is 0 Å². The van der Waals surface area contributed by atoms with Crippen LogP contribution in [0.3, 0.4) is 0 Å². The minimum atomic E-state index is -0.336. The molecule has 8 heteroatoms. The van der Waals surface area contributed by atoms with Crippen molar-refractivity contribution in [2.75, 3.05) is 5.32 Å². The van der Waals surface area contributed by atoms with Gasteiger partial charge in [0.2, 0.25) is 5.91 Å². The molecule has 0 bridgehead atoms. The average molecular weight is 375 g/mol. The molecule has 0 aliphatic carbocycles. The fraction of sp³-hybridized carbons (Fsp3) is 0.118. The van der Waals surface area contributed by atoms with Crippen LogP contribution in [0.1, 0.15) is 20.9 Å². The van der Waals surface area contributed by atoms with Crippen LogP contribution in [0, 0.1) is 5.82 Å². The third kappa shape index (κ3) is 4.94. The Kier molecular flexibility index (Phi) is 5.52. The van der Waals surface area contributed by atoms with E-state index in [9.17, 15) is 14.0 Å². The number of thiophene rings is 1. The first-order valence-corrected chi connectivity index (χ1v) is 9.16. The van der Waals surface area contributed by atoms with E-state index in [1.807, 2.05) is 5.38 Å². The smallest absolute Gasteiger partial charge is 0.267 e. The van der Waals surface area contributed by atoms with Crippen molar-refractivity contribution in [1.29, 1.82) is 0 Å². The number of halogens is 1. The summed E-state index contributed by atoms with van der Waals surface area (Å²) in [5.41, 5.74) is 1.26. The monoisotopic (exact) mass is 375 g/mol. The maximum absolute atomic E-state index is 13.1. The van der Waals surface area contributed by atoms with Gasteiger partial charge >= 0.3 is 0 Å². The molecule has 0 aliphatic rings. The predicted octanol–water partition coefficient (Wildman–Crippen LogP) is 3.45. The second-order valence-corrected chi connectivity index (χ2v) is 6.96. The van der Waals surface area contributed by atoms with E-state index in [2.05, 4.69) is 15.6 Å². The minimum absolute atomic E-state index is 0.0979. The Morgan fingerprint density at radius 2 is 2.04 bits per heavy atom. The SMILES string of the molecule is O=C(Cc1csc(NC(=O)c2cccs2)n1)NCc1cccc(F)c1. The second kappa shape index (κ2) is 8.00. The highest BCUT2D eigenvalue weighted by atomic mass is 32.1. The number of benzene rings is 1. The Balaban J connectivity index is 1.50. The molecule has 2 N–H and O–H groups in total. The number of carbonyl (C=O) groups is 2. The van der Waals surface area contributed by atoms with E-state index in [-0.39, 0.29) is 30.6 Å². The van der Waals surface area contributed by atoms with Gasteiger partial charge in [0.05, 0.1) is 17.0 Å². The molecule has 2 aromatic heterocycles. The van der Waals surface area contributed by atoms with Crippen molar-refractivity contribution < 1.29 is 14.0 Å². The lowest BCUT2D eigenvalue weighted by atomic mass is 10.2. The van der Waals surface area contributed by atoms with E-state index in [4.69, 9.17) is 0 Å². The molecule has 0 aliphatic heterocycles. The Labute approximate surface area is 151 Å². The van der Waals surface area contributed by atoms with Crippen LogP contribution in [-0.4, -0.2) is 16.8 Å². The highest BCUT2D eigenvalue weighted by Crippen LogP contribution is 2.18. The molecule has 0 saturated heterocycles. The number of hydrogen-bond acceptors (Lipinski definition) is 5. The largest absolute Gasteiger partial charge is 0.352 e. The molecular weight excluding hydrogens is 361 g/mol. The zero-order valence-corrected chi connectivity index (χ0v) is 14.6. The molecule has 3 aromatic rings. The van der Waals surface area contributed by atoms with Crippen LogP contribution < -0.4 is 10.6 Å². The number of carbonyl (C=O) groups excluding carboxylic acids is 2. The molecule has 0 unspecified atom stereocenters. The summed E-state index contributed by atoms with van der Waals surface area (Å²) < 4.78 is 13.1. The third-order valence-electron chi connectivity index (χ3n) is 3.24.